The SMILES string of the molecule is NC1(CC(=O)Nc2ccncc2F)CCCC1. The molecule has 0 unspecified atom stereocenters. The summed E-state index contributed by atoms with van der Waals surface area (Å²) >= 11 is 0. The number of pyridine rings is 1. The van der Waals surface area contributed by atoms with E-state index in [0.29, 0.717) is 0 Å². The number of nitrogens with one attached hydrogen (secondary N) is 1. The first kappa shape index (κ1) is 12.0. The van der Waals surface area contributed by atoms with E-state index in [4.69, 9.17) is 5.73 Å². The third kappa shape index (κ3) is 3.00. The van der Waals surface area contributed by atoms with Crippen molar-refractivity contribution in [2.24, 2.45) is 5.73 Å². The summed E-state index contributed by atoms with van der Waals surface area (Å²) in [5, 5.41) is 2.53. The van der Waals surface area contributed by atoms with Gasteiger partial charge in [-0.05, 0) is 18.9 Å². The maximum absolute atomic E-state index is 13.3. The van der Waals surface area contributed by atoms with Gasteiger partial charge in [-0.1, -0.05) is 12.8 Å². The van der Waals surface area contributed by atoms with Gasteiger partial charge in [0.15, 0.2) is 5.82 Å². The summed E-state index contributed by atoms with van der Waals surface area (Å²) in [5.41, 5.74) is 5.83. The number of hydrogen-bond acceptors (Lipinski definition) is 3. The van der Waals surface area contributed by atoms with Gasteiger partial charge in [0.25, 0.3) is 0 Å². The molecule has 17 heavy (non-hydrogen) atoms. The Kier molecular flexibility index (Phi) is 3.38. The summed E-state index contributed by atoms with van der Waals surface area (Å²) in [5.74, 6) is -0.766. The smallest absolute Gasteiger partial charge is 0.226 e. The van der Waals surface area contributed by atoms with Crippen molar-refractivity contribution in [2.75, 3.05) is 5.32 Å². The van der Waals surface area contributed by atoms with E-state index in [1.807, 2.05) is 0 Å². The number of rotatable bonds is 3. The summed E-state index contributed by atoms with van der Waals surface area (Å²) in [6.07, 6.45) is 6.60. The maximum Gasteiger partial charge on any atom is 0.226 e. The highest BCUT2D eigenvalue weighted by atomic mass is 19.1. The predicted molar refractivity (Wildman–Crippen MR) is 62.8 cm³/mol. The second-order valence-corrected chi connectivity index (χ2v) is 4.65. The Morgan fingerprint density at radius 2 is 2.24 bits per heavy atom. The van der Waals surface area contributed by atoms with Gasteiger partial charge in [0.1, 0.15) is 0 Å². The van der Waals surface area contributed by atoms with Gasteiger partial charge in [0.2, 0.25) is 5.91 Å². The molecule has 1 fully saturated rings. The zero-order valence-corrected chi connectivity index (χ0v) is 9.58. The zero-order valence-electron chi connectivity index (χ0n) is 9.58. The van der Waals surface area contributed by atoms with E-state index in [1.54, 1.807) is 0 Å². The molecular formula is C12H16FN3O. The first-order chi connectivity index (χ1) is 8.09. The fourth-order valence-corrected chi connectivity index (χ4v) is 2.25. The lowest BCUT2D eigenvalue weighted by atomic mass is 9.94. The van der Waals surface area contributed by atoms with Gasteiger partial charge < -0.3 is 11.1 Å². The largest absolute Gasteiger partial charge is 0.325 e. The Hall–Kier alpha value is -1.49. The van der Waals surface area contributed by atoms with Crippen molar-refractivity contribution in [1.82, 2.24) is 4.98 Å². The van der Waals surface area contributed by atoms with Gasteiger partial charge in [-0.3, -0.25) is 9.78 Å². The van der Waals surface area contributed by atoms with Crippen LogP contribution in [0.25, 0.3) is 0 Å². The van der Waals surface area contributed by atoms with Gasteiger partial charge in [-0.25, -0.2) is 4.39 Å². The molecule has 0 bridgehead atoms. The van der Waals surface area contributed by atoms with E-state index in [0.717, 1.165) is 31.9 Å². The first-order valence-corrected chi connectivity index (χ1v) is 5.77. The number of amides is 1. The van der Waals surface area contributed by atoms with Crippen LogP contribution in [0.5, 0.6) is 0 Å². The van der Waals surface area contributed by atoms with Gasteiger partial charge in [0, 0.05) is 18.2 Å². The third-order valence-electron chi connectivity index (χ3n) is 3.16. The van der Waals surface area contributed by atoms with Crippen molar-refractivity contribution in [2.45, 2.75) is 37.6 Å². The number of halogens is 1. The maximum atomic E-state index is 13.3. The molecule has 0 saturated heterocycles. The molecule has 0 aliphatic heterocycles. The van der Waals surface area contributed by atoms with Crippen molar-refractivity contribution >= 4 is 11.6 Å². The van der Waals surface area contributed by atoms with E-state index in [2.05, 4.69) is 10.3 Å². The number of hydrogen-bond donors (Lipinski definition) is 2. The predicted octanol–water partition coefficient (Wildman–Crippen LogP) is 1.82. The Labute approximate surface area is 99.4 Å². The monoisotopic (exact) mass is 237 g/mol. The summed E-state index contributed by atoms with van der Waals surface area (Å²) in [6, 6.07) is 1.44. The molecule has 1 aromatic heterocycles. The Balaban J connectivity index is 1.96. The van der Waals surface area contributed by atoms with Gasteiger partial charge in [-0.15, -0.1) is 0 Å². The molecule has 0 spiro atoms. The molecule has 1 amide bonds. The Bertz CT molecular complexity index is 416. The highest BCUT2D eigenvalue weighted by Gasteiger charge is 2.31. The molecule has 0 atom stereocenters. The molecular weight excluding hydrogens is 221 g/mol. The minimum atomic E-state index is -0.529. The van der Waals surface area contributed by atoms with Gasteiger partial charge >= 0.3 is 0 Å². The van der Waals surface area contributed by atoms with Crippen LogP contribution in [0.1, 0.15) is 32.1 Å². The normalized spacial score (nSPS) is 18.0. The summed E-state index contributed by atoms with van der Waals surface area (Å²) in [6.45, 7) is 0. The summed E-state index contributed by atoms with van der Waals surface area (Å²) in [4.78, 5) is 15.4. The lowest BCUT2D eigenvalue weighted by Gasteiger charge is -2.22. The van der Waals surface area contributed by atoms with E-state index in [1.165, 1.54) is 12.3 Å². The standard InChI is InChI=1S/C12H16FN3O/c13-9-8-15-6-3-10(9)16-11(17)7-12(14)4-1-2-5-12/h3,6,8H,1-2,4-5,7,14H2,(H,15,16,17). The number of nitrogens with zero attached hydrogens (tertiary/aromatic N) is 1. The number of anilines is 1. The average molecular weight is 237 g/mol. The summed E-state index contributed by atoms with van der Waals surface area (Å²) < 4.78 is 13.3. The van der Waals surface area contributed by atoms with Crippen LogP contribution < -0.4 is 11.1 Å². The van der Waals surface area contributed by atoms with Gasteiger partial charge in [-0.2, -0.15) is 0 Å². The van der Waals surface area contributed by atoms with Crippen LogP contribution in [0.2, 0.25) is 0 Å². The van der Waals surface area contributed by atoms with Crippen molar-refractivity contribution in [1.29, 1.82) is 0 Å². The van der Waals surface area contributed by atoms with Crippen LogP contribution in [0.15, 0.2) is 18.5 Å². The summed E-state index contributed by atoms with van der Waals surface area (Å²) in [7, 11) is 0. The van der Waals surface area contributed by atoms with Crippen LogP contribution in [-0.4, -0.2) is 16.4 Å². The topological polar surface area (TPSA) is 68.0 Å². The molecule has 2 rings (SSSR count). The minimum absolute atomic E-state index is 0.159. The molecule has 0 aromatic carbocycles. The lowest BCUT2D eigenvalue weighted by molar-refractivity contribution is -0.117. The highest BCUT2D eigenvalue weighted by molar-refractivity contribution is 5.91. The zero-order chi connectivity index (χ0) is 12.3. The Morgan fingerprint density at radius 1 is 1.53 bits per heavy atom. The van der Waals surface area contributed by atoms with Crippen LogP contribution in [0.3, 0.4) is 0 Å². The van der Waals surface area contributed by atoms with E-state index in [-0.39, 0.29) is 18.0 Å². The molecule has 92 valence electrons. The van der Waals surface area contributed by atoms with Crippen molar-refractivity contribution in [3.8, 4) is 0 Å². The second kappa shape index (κ2) is 4.79. The molecule has 5 heteroatoms. The van der Waals surface area contributed by atoms with Crippen molar-refractivity contribution in [3.63, 3.8) is 0 Å². The van der Waals surface area contributed by atoms with E-state index >= 15 is 0 Å². The number of aromatic nitrogens is 1. The van der Waals surface area contributed by atoms with Crippen LogP contribution in [-0.2, 0) is 4.79 Å². The molecule has 4 nitrogen and oxygen atoms in total. The fraction of sp³-hybridized carbons (Fsp3) is 0.500. The van der Waals surface area contributed by atoms with E-state index in [9.17, 15) is 9.18 Å². The fourth-order valence-electron chi connectivity index (χ4n) is 2.25. The van der Waals surface area contributed by atoms with Crippen molar-refractivity contribution in [3.05, 3.63) is 24.3 Å². The van der Waals surface area contributed by atoms with Crippen LogP contribution in [0, 0.1) is 5.82 Å². The molecule has 1 aliphatic carbocycles. The first-order valence-electron chi connectivity index (χ1n) is 5.77. The molecule has 3 N–H and O–H groups in total. The third-order valence-corrected chi connectivity index (χ3v) is 3.16. The van der Waals surface area contributed by atoms with Crippen LogP contribution in [0.4, 0.5) is 10.1 Å². The number of carbonyl (C=O) groups is 1. The molecule has 1 heterocycles. The Morgan fingerprint density at radius 3 is 2.88 bits per heavy atom. The van der Waals surface area contributed by atoms with Gasteiger partial charge in [0.05, 0.1) is 11.9 Å². The van der Waals surface area contributed by atoms with Crippen molar-refractivity contribution < 1.29 is 9.18 Å². The highest BCUT2D eigenvalue weighted by Crippen LogP contribution is 2.30. The quantitative estimate of drug-likeness (QED) is 0.842. The second-order valence-electron chi connectivity index (χ2n) is 4.65. The molecule has 1 aromatic rings. The molecule has 1 aliphatic rings. The number of carbonyl (C=O) groups excluding carboxylic acids is 1. The van der Waals surface area contributed by atoms with E-state index < -0.39 is 11.4 Å². The minimum Gasteiger partial charge on any atom is -0.325 e. The van der Waals surface area contributed by atoms with Crippen LogP contribution >= 0.6 is 0 Å². The molecule has 1 saturated carbocycles. The lowest BCUT2D eigenvalue weighted by Crippen LogP contribution is -2.40. The average Bonchev–Trinajstić information content (AvgIpc) is 2.68. The number of nitrogens with two attached hydrogens (primary N) is 1. The molecule has 0 radical (unpaired) electrons.